The molecule has 4 heteroatoms. The van der Waals surface area contributed by atoms with E-state index in [-0.39, 0.29) is 18.4 Å². The van der Waals surface area contributed by atoms with Crippen molar-refractivity contribution in [3.8, 4) is 0 Å². The first-order valence-electron chi connectivity index (χ1n) is 5.28. The van der Waals surface area contributed by atoms with E-state index in [1.165, 1.54) is 12.1 Å². The van der Waals surface area contributed by atoms with Crippen LogP contribution in [0.25, 0.3) is 0 Å². The zero-order valence-electron chi connectivity index (χ0n) is 9.50. The molecule has 1 rings (SSSR count). The minimum absolute atomic E-state index is 0.0327. The Bertz CT molecular complexity index is 349. The van der Waals surface area contributed by atoms with Gasteiger partial charge in [0.1, 0.15) is 18.9 Å². The topological polar surface area (TPSA) is 44.6 Å². The van der Waals surface area contributed by atoms with Gasteiger partial charge in [-0.3, -0.25) is 0 Å². The molecule has 0 saturated carbocycles. The fourth-order valence-electron chi connectivity index (χ4n) is 1.52. The molecular weight excluding hydrogens is 209 g/mol. The molecule has 0 fully saturated rings. The summed E-state index contributed by atoms with van der Waals surface area (Å²) in [7, 11) is 0. The monoisotopic (exact) mass is 225 g/mol. The average molecular weight is 225 g/mol. The van der Waals surface area contributed by atoms with Gasteiger partial charge in [0.25, 0.3) is 0 Å². The summed E-state index contributed by atoms with van der Waals surface area (Å²) in [5, 5.41) is 10.6. The van der Waals surface area contributed by atoms with Crippen molar-refractivity contribution in [2.24, 2.45) is 0 Å². The van der Waals surface area contributed by atoms with Crippen LogP contribution in [0.3, 0.4) is 0 Å². The van der Waals surface area contributed by atoms with Crippen molar-refractivity contribution in [3.63, 3.8) is 0 Å². The number of hydrogen-bond acceptors (Lipinski definition) is 2. The summed E-state index contributed by atoms with van der Waals surface area (Å²) >= 11 is 0. The van der Waals surface area contributed by atoms with Gasteiger partial charge in [0.05, 0.1) is 12.0 Å². The van der Waals surface area contributed by atoms with Gasteiger partial charge in [0, 0.05) is 5.56 Å². The maximum Gasteiger partial charge on any atom is 0.123 e. The van der Waals surface area contributed by atoms with Gasteiger partial charge >= 0.3 is 0 Å². The summed E-state index contributed by atoms with van der Waals surface area (Å²) in [6.45, 7) is 4.42. The normalized spacial score (nSPS) is 12.8. The molecule has 1 aromatic carbocycles. The predicted molar refractivity (Wildman–Crippen MR) is 56.1 cm³/mol. The van der Waals surface area contributed by atoms with Crippen molar-refractivity contribution in [1.29, 1.82) is 0 Å². The van der Waals surface area contributed by atoms with E-state index in [0.717, 1.165) is 10.5 Å². The van der Waals surface area contributed by atoms with Crippen LogP contribution in [0.2, 0.25) is 0 Å². The van der Waals surface area contributed by atoms with Gasteiger partial charge < -0.3 is 14.8 Å². The summed E-state index contributed by atoms with van der Waals surface area (Å²) in [5.74, 6) is -1.35. The zero-order valence-corrected chi connectivity index (χ0v) is 9.50. The number of carboxylic acids is 1. The number of quaternary nitrogens is 1. The van der Waals surface area contributed by atoms with Gasteiger partial charge in [-0.15, -0.1) is 0 Å². The lowest BCUT2D eigenvalue weighted by Gasteiger charge is -2.23. The largest absolute Gasteiger partial charge is 0.544 e. The van der Waals surface area contributed by atoms with Crippen LogP contribution >= 0.6 is 0 Å². The molecule has 0 radical (unpaired) electrons. The van der Waals surface area contributed by atoms with Crippen molar-refractivity contribution in [2.75, 3.05) is 6.54 Å². The van der Waals surface area contributed by atoms with Gasteiger partial charge in [0.15, 0.2) is 0 Å². The Kier molecular flexibility index (Phi) is 4.43. The highest BCUT2D eigenvalue weighted by Gasteiger charge is 2.13. The average Bonchev–Trinajstić information content (AvgIpc) is 2.19. The number of aliphatic carboxylic acids is 1. The number of benzene rings is 1. The van der Waals surface area contributed by atoms with Crippen LogP contribution < -0.4 is 10.0 Å². The van der Waals surface area contributed by atoms with Crippen LogP contribution in [-0.4, -0.2) is 18.6 Å². The fraction of sp³-hybridized carbons (Fsp3) is 0.417. The van der Waals surface area contributed by atoms with E-state index in [1.54, 1.807) is 12.1 Å². The zero-order chi connectivity index (χ0) is 12.1. The standard InChI is InChI=1S/C12H16FNO2/c1-9(2)14(8-12(15)16)7-10-3-5-11(13)6-4-10/h3-6,9H,7-8H2,1-2H3,(H,15,16). The van der Waals surface area contributed by atoms with Crippen LogP contribution in [0.4, 0.5) is 4.39 Å². The summed E-state index contributed by atoms with van der Waals surface area (Å²) in [5.41, 5.74) is 0.923. The van der Waals surface area contributed by atoms with Crippen LogP contribution in [0, 0.1) is 5.82 Å². The summed E-state index contributed by atoms with van der Waals surface area (Å²) in [6.07, 6.45) is 0. The number of hydrogen-bond donors (Lipinski definition) is 1. The minimum atomic E-state index is -1.06. The predicted octanol–water partition coefficient (Wildman–Crippen LogP) is -0.631. The molecule has 0 bridgehead atoms. The lowest BCUT2D eigenvalue weighted by atomic mass is 10.2. The van der Waals surface area contributed by atoms with Crippen molar-refractivity contribution in [3.05, 3.63) is 35.6 Å². The number of carbonyl (C=O) groups is 1. The summed E-state index contributed by atoms with van der Waals surface area (Å²) in [6, 6.07) is 6.29. The highest BCUT2D eigenvalue weighted by atomic mass is 19.1. The molecular formula is C12H16FNO2. The maximum absolute atomic E-state index is 12.7. The summed E-state index contributed by atoms with van der Waals surface area (Å²) in [4.78, 5) is 11.5. The molecule has 1 unspecified atom stereocenters. The first kappa shape index (κ1) is 12.6. The Hall–Kier alpha value is -1.42. The quantitative estimate of drug-likeness (QED) is 0.725. The third kappa shape index (κ3) is 3.98. The summed E-state index contributed by atoms with van der Waals surface area (Å²) < 4.78 is 12.7. The molecule has 0 aliphatic carbocycles. The first-order chi connectivity index (χ1) is 7.49. The third-order valence-electron chi connectivity index (χ3n) is 2.53. The Morgan fingerprint density at radius 3 is 2.38 bits per heavy atom. The van der Waals surface area contributed by atoms with Crippen molar-refractivity contribution in [1.82, 2.24) is 0 Å². The van der Waals surface area contributed by atoms with Crippen LogP contribution in [0.1, 0.15) is 19.4 Å². The second kappa shape index (κ2) is 5.61. The van der Waals surface area contributed by atoms with Crippen molar-refractivity contribution < 1.29 is 19.2 Å². The Morgan fingerprint density at radius 2 is 1.94 bits per heavy atom. The molecule has 1 aromatic rings. The number of nitrogens with one attached hydrogen (secondary N) is 1. The second-order valence-corrected chi connectivity index (χ2v) is 4.16. The molecule has 1 N–H and O–H groups in total. The van der Waals surface area contributed by atoms with Crippen LogP contribution in [-0.2, 0) is 11.3 Å². The smallest absolute Gasteiger partial charge is 0.123 e. The van der Waals surface area contributed by atoms with Gasteiger partial charge in [-0.05, 0) is 26.0 Å². The Balaban J connectivity index is 2.67. The molecule has 0 spiro atoms. The Morgan fingerprint density at radius 1 is 1.38 bits per heavy atom. The van der Waals surface area contributed by atoms with Gasteiger partial charge in [-0.1, -0.05) is 12.1 Å². The molecule has 0 heterocycles. The van der Waals surface area contributed by atoms with Gasteiger partial charge in [-0.2, -0.15) is 0 Å². The highest BCUT2D eigenvalue weighted by molar-refractivity contribution is 5.65. The molecule has 88 valence electrons. The van der Waals surface area contributed by atoms with E-state index in [9.17, 15) is 14.3 Å². The SMILES string of the molecule is CC(C)[NH+](CC(=O)[O-])Cc1ccc(F)cc1. The fourth-order valence-corrected chi connectivity index (χ4v) is 1.52. The van der Waals surface area contributed by atoms with E-state index in [2.05, 4.69) is 0 Å². The minimum Gasteiger partial charge on any atom is -0.544 e. The first-order valence-corrected chi connectivity index (χ1v) is 5.28. The van der Waals surface area contributed by atoms with E-state index >= 15 is 0 Å². The number of carboxylic acid groups (broad SMARTS) is 1. The number of rotatable bonds is 5. The molecule has 3 nitrogen and oxygen atoms in total. The maximum atomic E-state index is 12.7. The molecule has 0 saturated heterocycles. The van der Waals surface area contributed by atoms with Crippen LogP contribution in [0.5, 0.6) is 0 Å². The van der Waals surface area contributed by atoms with Gasteiger partial charge in [0.2, 0.25) is 0 Å². The number of carbonyl (C=O) groups excluding carboxylic acids is 1. The molecule has 16 heavy (non-hydrogen) atoms. The lowest BCUT2D eigenvalue weighted by molar-refractivity contribution is -0.929. The third-order valence-corrected chi connectivity index (χ3v) is 2.53. The Labute approximate surface area is 94.5 Å². The van der Waals surface area contributed by atoms with E-state index in [4.69, 9.17) is 0 Å². The van der Waals surface area contributed by atoms with E-state index in [1.807, 2.05) is 13.8 Å². The van der Waals surface area contributed by atoms with E-state index in [0.29, 0.717) is 6.54 Å². The van der Waals surface area contributed by atoms with Gasteiger partial charge in [-0.25, -0.2) is 4.39 Å². The van der Waals surface area contributed by atoms with Crippen molar-refractivity contribution in [2.45, 2.75) is 26.4 Å². The van der Waals surface area contributed by atoms with E-state index < -0.39 is 5.97 Å². The molecule has 0 aliphatic heterocycles. The highest BCUT2D eigenvalue weighted by Crippen LogP contribution is 2.00. The second-order valence-electron chi connectivity index (χ2n) is 4.16. The van der Waals surface area contributed by atoms with Crippen LogP contribution in [0.15, 0.2) is 24.3 Å². The number of halogens is 1. The molecule has 1 atom stereocenters. The lowest BCUT2D eigenvalue weighted by Crippen LogP contribution is -3.15. The molecule has 0 amide bonds. The molecule has 0 aliphatic rings. The van der Waals surface area contributed by atoms with Crippen molar-refractivity contribution >= 4 is 5.97 Å². The molecule has 0 aromatic heterocycles.